The Labute approximate surface area is 106 Å². The van der Waals surface area contributed by atoms with Crippen LogP contribution in [0.2, 0.25) is 0 Å². The van der Waals surface area contributed by atoms with Crippen LogP contribution < -0.4 is 15.8 Å². The number of carbonyl (C=O) groups excluding carboxylic acids is 1. The van der Waals surface area contributed by atoms with Gasteiger partial charge in [0.25, 0.3) is 5.91 Å². The van der Waals surface area contributed by atoms with Crippen molar-refractivity contribution in [2.75, 3.05) is 13.7 Å². The van der Waals surface area contributed by atoms with Crippen molar-refractivity contribution in [1.82, 2.24) is 5.32 Å². The summed E-state index contributed by atoms with van der Waals surface area (Å²) in [5.41, 5.74) is 5.61. The number of hydrogen-bond acceptors (Lipinski definition) is 4. The van der Waals surface area contributed by atoms with E-state index in [-0.39, 0.29) is 28.5 Å². The molecule has 0 spiro atoms. The smallest absolute Gasteiger partial charge is 0.255 e. The predicted molar refractivity (Wildman–Crippen MR) is 67.8 cm³/mol. The van der Waals surface area contributed by atoms with E-state index >= 15 is 0 Å². The number of nitrogens with two attached hydrogens (primary N) is 1. The molecule has 98 valence electrons. The van der Waals surface area contributed by atoms with Crippen molar-refractivity contribution in [1.29, 1.82) is 0 Å². The molecule has 1 aromatic rings. The molecule has 2 rings (SSSR count). The van der Waals surface area contributed by atoms with Crippen molar-refractivity contribution in [2.24, 2.45) is 5.73 Å². The number of para-hydroxylation sites is 1. The topological polar surface area (TPSA) is 84.6 Å². The zero-order valence-corrected chi connectivity index (χ0v) is 10.4. The summed E-state index contributed by atoms with van der Waals surface area (Å²) in [6.07, 6.45) is 2.85. The maximum absolute atomic E-state index is 12.1. The number of ether oxygens (including phenoxy) is 1. The molecule has 1 aromatic carbocycles. The van der Waals surface area contributed by atoms with Crippen molar-refractivity contribution in [2.45, 2.75) is 24.8 Å². The maximum atomic E-state index is 12.1. The lowest BCUT2D eigenvalue weighted by molar-refractivity contribution is 0.0834. The molecule has 0 aliphatic heterocycles. The highest BCUT2D eigenvalue weighted by Crippen LogP contribution is 2.33. The Morgan fingerprint density at radius 3 is 2.78 bits per heavy atom. The Morgan fingerprint density at radius 1 is 1.56 bits per heavy atom. The summed E-state index contributed by atoms with van der Waals surface area (Å²) in [5.74, 6) is -0.154. The fourth-order valence-electron chi connectivity index (χ4n) is 2.16. The molecule has 5 nitrogen and oxygen atoms in total. The van der Waals surface area contributed by atoms with Gasteiger partial charge in [-0.15, -0.1) is 0 Å². The molecule has 4 N–H and O–H groups in total. The number of aromatic hydroxyl groups is 1. The number of carbonyl (C=O) groups is 1. The Hall–Kier alpha value is -1.75. The summed E-state index contributed by atoms with van der Waals surface area (Å²) in [6, 6.07) is 4.84. The molecule has 0 heterocycles. The number of phenols is 1. The molecule has 5 heteroatoms. The number of hydrogen-bond donors (Lipinski definition) is 3. The van der Waals surface area contributed by atoms with Gasteiger partial charge in [0.1, 0.15) is 0 Å². The first-order valence-corrected chi connectivity index (χ1v) is 6.00. The SMILES string of the molecule is COc1cccc(C(=O)NC2(CN)CCC2)c1O. The summed E-state index contributed by atoms with van der Waals surface area (Å²) < 4.78 is 4.98. The molecular weight excluding hydrogens is 232 g/mol. The van der Waals surface area contributed by atoms with E-state index in [1.54, 1.807) is 18.2 Å². The molecule has 1 aliphatic carbocycles. The first-order chi connectivity index (χ1) is 8.62. The van der Waals surface area contributed by atoms with Gasteiger partial charge in [-0.3, -0.25) is 4.79 Å². The molecule has 0 atom stereocenters. The van der Waals surface area contributed by atoms with E-state index in [0.29, 0.717) is 6.54 Å². The van der Waals surface area contributed by atoms with E-state index in [0.717, 1.165) is 19.3 Å². The number of benzene rings is 1. The van der Waals surface area contributed by atoms with Gasteiger partial charge in [0.15, 0.2) is 11.5 Å². The van der Waals surface area contributed by atoms with E-state index in [9.17, 15) is 9.90 Å². The first-order valence-electron chi connectivity index (χ1n) is 6.00. The number of rotatable bonds is 4. The molecule has 18 heavy (non-hydrogen) atoms. The van der Waals surface area contributed by atoms with E-state index in [1.807, 2.05) is 0 Å². The molecular formula is C13H18N2O3. The van der Waals surface area contributed by atoms with Crippen molar-refractivity contribution in [3.8, 4) is 11.5 Å². The van der Waals surface area contributed by atoms with Crippen LogP contribution in [-0.4, -0.2) is 30.2 Å². The van der Waals surface area contributed by atoms with Gasteiger partial charge in [0, 0.05) is 6.54 Å². The molecule has 0 aromatic heterocycles. The average molecular weight is 250 g/mol. The molecule has 1 saturated carbocycles. The summed E-state index contributed by atoms with van der Waals surface area (Å²) in [4.78, 5) is 12.1. The summed E-state index contributed by atoms with van der Waals surface area (Å²) >= 11 is 0. The second-order valence-electron chi connectivity index (χ2n) is 4.65. The van der Waals surface area contributed by atoms with Crippen molar-refractivity contribution >= 4 is 5.91 Å². The fourth-order valence-corrected chi connectivity index (χ4v) is 2.16. The standard InChI is InChI=1S/C13H18N2O3/c1-18-10-5-2-4-9(11(10)16)12(17)15-13(8-14)6-3-7-13/h2,4-5,16H,3,6-8,14H2,1H3,(H,15,17). The summed E-state index contributed by atoms with van der Waals surface area (Å²) in [6.45, 7) is 0.420. The zero-order valence-electron chi connectivity index (χ0n) is 10.4. The maximum Gasteiger partial charge on any atom is 0.255 e. The third kappa shape index (κ3) is 2.13. The highest BCUT2D eigenvalue weighted by Gasteiger charge is 2.37. The quantitative estimate of drug-likeness (QED) is 0.744. The lowest BCUT2D eigenvalue weighted by atomic mass is 9.76. The number of amides is 1. The summed E-state index contributed by atoms with van der Waals surface area (Å²) in [5, 5.41) is 12.8. The molecule has 0 bridgehead atoms. The molecule has 1 aliphatic rings. The monoisotopic (exact) mass is 250 g/mol. The van der Waals surface area contributed by atoms with Crippen LogP contribution in [0.25, 0.3) is 0 Å². The highest BCUT2D eigenvalue weighted by atomic mass is 16.5. The third-order valence-corrected chi connectivity index (χ3v) is 3.54. The van der Waals surface area contributed by atoms with Crippen LogP contribution >= 0.6 is 0 Å². The van der Waals surface area contributed by atoms with Gasteiger partial charge in [-0.1, -0.05) is 6.07 Å². The minimum atomic E-state index is -0.309. The van der Waals surface area contributed by atoms with Crippen LogP contribution in [0.5, 0.6) is 11.5 Å². The predicted octanol–water partition coefficient (Wildman–Crippen LogP) is 1.01. The second-order valence-corrected chi connectivity index (χ2v) is 4.65. The average Bonchev–Trinajstić information content (AvgIpc) is 2.34. The van der Waals surface area contributed by atoms with Crippen LogP contribution in [0.3, 0.4) is 0 Å². The Morgan fingerprint density at radius 2 is 2.28 bits per heavy atom. The zero-order chi connectivity index (χ0) is 13.2. The van der Waals surface area contributed by atoms with Gasteiger partial charge in [-0.25, -0.2) is 0 Å². The number of phenolic OH excluding ortho intramolecular Hbond substituents is 1. The minimum absolute atomic E-state index is 0.135. The Balaban J connectivity index is 2.19. The lowest BCUT2D eigenvalue weighted by Crippen LogP contribution is -2.58. The Kier molecular flexibility index (Phi) is 3.43. The third-order valence-electron chi connectivity index (χ3n) is 3.54. The normalized spacial score (nSPS) is 16.8. The van der Waals surface area contributed by atoms with Crippen molar-refractivity contribution in [3.63, 3.8) is 0 Å². The first kappa shape index (κ1) is 12.7. The number of nitrogens with one attached hydrogen (secondary N) is 1. The molecule has 0 unspecified atom stereocenters. The largest absolute Gasteiger partial charge is 0.504 e. The summed E-state index contributed by atoms with van der Waals surface area (Å²) in [7, 11) is 1.45. The van der Waals surface area contributed by atoms with Gasteiger partial charge in [-0.2, -0.15) is 0 Å². The highest BCUT2D eigenvalue weighted by molar-refractivity contribution is 5.98. The van der Waals surface area contributed by atoms with Gasteiger partial charge in [-0.05, 0) is 31.4 Å². The van der Waals surface area contributed by atoms with E-state index in [4.69, 9.17) is 10.5 Å². The second kappa shape index (κ2) is 4.86. The van der Waals surface area contributed by atoms with Crippen molar-refractivity contribution < 1.29 is 14.6 Å². The van der Waals surface area contributed by atoms with E-state index < -0.39 is 0 Å². The lowest BCUT2D eigenvalue weighted by Gasteiger charge is -2.41. The van der Waals surface area contributed by atoms with Gasteiger partial charge < -0.3 is 20.9 Å². The molecule has 1 amide bonds. The molecule has 0 saturated heterocycles. The van der Waals surface area contributed by atoms with Crippen LogP contribution in [0.4, 0.5) is 0 Å². The van der Waals surface area contributed by atoms with Gasteiger partial charge in [0.05, 0.1) is 18.2 Å². The Bertz CT molecular complexity index is 450. The van der Waals surface area contributed by atoms with Crippen LogP contribution in [-0.2, 0) is 0 Å². The molecule has 1 fully saturated rings. The van der Waals surface area contributed by atoms with Crippen molar-refractivity contribution in [3.05, 3.63) is 23.8 Å². The van der Waals surface area contributed by atoms with Gasteiger partial charge in [0.2, 0.25) is 0 Å². The van der Waals surface area contributed by atoms with Crippen LogP contribution in [0.15, 0.2) is 18.2 Å². The van der Waals surface area contributed by atoms with E-state index in [2.05, 4.69) is 5.32 Å². The van der Waals surface area contributed by atoms with Crippen LogP contribution in [0, 0.1) is 0 Å². The minimum Gasteiger partial charge on any atom is -0.504 e. The van der Waals surface area contributed by atoms with Crippen LogP contribution in [0.1, 0.15) is 29.6 Å². The number of methoxy groups -OCH3 is 1. The fraction of sp³-hybridized carbons (Fsp3) is 0.462. The molecule has 0 radical (unpaired) electrons. The van der Waals surface area contributed by atoms with E-state index in [1.165, 1.54) is 7.11 Å². The van der Waals surface area contributed by atoms with Gasteiger partial charge >= 0.3 is 0 Å².